The van der Waals surface area contributed by atoms with Crippen molar-refractivity contribution in [1.29, 1.82) is 0 Å². The number of aliphatic hydroxyl groups excluding tert-OH is 2. The summed E-state index contributed by atoms with van der Waals surface area (Å²) in [7, 11) is 0. The van der Waals surface area contributed by atoms with Gasteiger partial charge in [-0.05, 0) is 78.3 Å². The Morgan fingerprint density at radius 3 is 1.85 bits per heavy atom. The lowest BCUT2D eigenvalue weighted by Gasteiger charge is -2.47. The van der Waals surface area contributed by atoms with E-state index in [9.17, 15) is 15.0 Å². The Bertz CT molecular complexity index is 1420. The third kappa shape index (κ3) is 3.37. The zero-order chi connectivity index (χ0) is 26.9. The molecule has 39 heavy (non-hydrogen) atoms. The van der Waals surface area contributed by atoms with E-state index in [-0.39, 0.29) is 24.6 Å². The number of nitrogens with zero attached hydrogens (tertiary/aromatic N) is 2. The normalized spacial score (nSPS) is 19.6. The van der Waals surface area contributed by atoms with Gasteiger partial charge in [0.2, 0.25) is 0 Å². The van der Waals surface area contributed by atoms with Crippen LogP contribution in [0.2, 0.25) is 0 Å². The highest BCUT2D eigenvalue weighted by atomic mass is 16.6. The Balaban J connectivity index is 1.55. The van der Waals surface area contributed by atoms with Crippen LogP contribution in [0.15, 0.2) is 48.5 Å². The highest BCUT2D eigenvalue weighted by molar-refractivity contribution is 5.97. The van der Waals surface area contributed by atoms with Gasteiger partial charge in [0.1, 0.15) is 0 Å². The Labute approximate surface area is 229 Å². The average Bonchev–Trinajstić information content (AvgIpc) is 3.24. The van der Waals surface area contributed by atoms with Crippen molar-refractivity contribution in [3.63, 3.8) is 0 Å². The molecule has 2 N–H and O–H groups in total. The molecule has 0 aromatic heterocycles. The minimum Gasteiger partial charge on any atom is -0.441 e. The molecule has 6 nitrogen and oxygen atoms in total. The largest absolute Gasteiger partial charge is 0.441 e. The van der Waals surface area contributed by atoms with E-state index in [2.05, 4.69) is 54.0 Å². The first-order valence-corrected chi connectivity index (χ1v) is 14.3. The fraction of sp³-hybridized carbons (Fsp3) is 0.424. The number of benzene rings is 3. The average molecular weight is 525 g/mol. The number of esters is 1. The number of β-amino-alcohol motifs (C(OH)–C–C–N with tert-alkyl or cyclic N) is 2. The van der Waals surface area contributed by atoms with E-state index in [1.54, 1.807) is 0 Å². The molecule has 0 radical (unpaired) electrons. The smallest absolute Gasteiger partial charge is 0.340 e. The highest BCUT2D eigenvalue weighted by Gasteiger charge is 2.56. The number of carbonyl (C=O) groups excluding carboxylic acids is 1. The first kappa shape index (κ1) is 24.7. The van der Waals surface area contributed by atoms with Crippen molar-refractivity contribution in [3.8, 4) is 0 Å². The maximum Gasteiger partial charge on any atom is 0.340 e. The standard InChI is InChI=1S/C33H36N2O4/c1-32(2)25-19-29-21(7-5-11-34(29)13-15-36)17-27(25)33(24-10-4-3-9-23(24)31(38)39-33)28-18-22-8-6-12-35(14-16-37)30(22)20-26(28)32/h3-4,9-10,17-20,36-37H,5-8,11-16H2,1-2H3. The Morgan fingerprint density at radius 1 is 0.769 bits per heavy atom. The van der Waals surface area contributed by atoms with E-state index in [0.717, 1.165) is 66.6 Å². The number of fused-ring (bicyclic) bond motifs is 8. The van der Waals surface area contributed by atoms with Crippen LogP contribution in [0.25, 0.3) is 0 Å². The Kier molecular flexibility index (Phi) is 5.59. The molecule has 3 aromatic carbocycles. The maximum absolute atomic E-state index is 13.5. The van der Waals surface area contributed by atoms with Gasteiger partial charge in [-0.15, -0.1) is 0 Å². The second-order valence-corrected chi connectivity index (χ2v) is 11.9. The Morgan fingerprint density at radius 2 is 1.31 bits per heavy atom. The number of anilines is 2. The number of hydrogen-bond acceptors (Lipinski definition) is 6. The first-order valence-electron chi connectivity index (χ1n) is 14.3. The molecule has 3 heterocycles. The summed E-state index contributed by atoms with van der Waals surface area (Å²) in [5.74, 6) is -0.276. The van der Waals surface area contributed by atoms with Crippen molar-refractivity contribution in [3.05, 3.63) is 93.0 Å². The summed E-state index contributed by atoms with van der Waals surface area (Å²) in [5, 5.41) is 19.6. The summed E-state index contributed by atoms with van der Waals surface area (Å²) in [5.41, 5.74) is 9.49. The predicted octanol–water partition coefficient (Wildman–Crippen LogP) is 4.28. The Hall–Kier alpha value is -3.35. The summed E-state index contributed by atoms with van der Waals surface area (Å²) >= 11 is 0. The molecule has 0 amide bonds. The van der Waals surface area contributed by atoms with E-state index < -0.39 is 5.60 Å². The van der Waals surface area contributed by atoms with Crippen molar-refractivity contribution in [2.24, 2.45) is 0 Å². The fourth-order valence-electron chi connectivity index (χ4n) is 7.65. The van der Waals surface area contributed by atoms with E-state index in [0.29, 0.717) is 18.7 Å². The van der Waals surface area contributed by atoms with Crippen molar-refractivity contribution in [2.75, 3.05) is 49.2 Å². The van der Waals surface area contributed by atoms with Crippen LogP contribution in [0, 0.1) is 0 Å². The molecular formula is C33H36N2O4. The zero-order valence-corrected chi connectivity index (χ0v) is 22.8. The molecule has 0 fully saturated rings. The first-order chi connectivity index (χ1) is 18.9. The molecule has 0 saturated carbocycles. The molecule has 202 valence electrons. The molecule has 4 aliphatic rings. The van der Waals surface area contributed by atoms with Gasteiger partial charge in [-0.3, -0.25) is 0 Å². The van der Waals surface area contributed by atoms with Gasteiger partial charge in [0.05, 0.1) is 18.8 Å². The van der Waals surface area contributed by atoms with Crippen LogP contribution in [0.3, 0.4) is 0 Å². The number of rotatable bonds is 4. The molecule has 3 aromatic rings. The minimum atomic E-state index is -1.00. The van der Waals surface area contributed by atoms with Crippen molar-refractivity contribution in [2.45, 2.75) is 50.5 Å². The van der Waals surface area contributed by atoms with Gasteiger partial charge in [0.25, 0.3) is 0 Å². The molecule has 0 unspecified atom stereocenters. The van der Waals surface area contributed by atoms with Crippen LogP contribution >= 0.6 is 0 Å². The predicted molar refractivity (Wildman–Crippen MR) is 152 cm³/mol. The molecule has 0 bridgehead atoms. The molecule has 1 spiro atoms. The quantitative estimate of drug-likeness (QED) is 0.497. The van der Waals surface area contributed by atoms with Crippen LogP contribution in [-0.2, 0) is 28.6 Å². The summed E-state index contributed by atoms with van der Waals surface area (Å²) in [6.07, 6.45) is 3.99. The fourth-order valence-corrected chi connectivity index (χ4v) is 7.65. The lowest BCUT2D eigenvalue weighted by molar-refractivity contribution is 0.0231. The number of ether oxygens (including phenoxy) is 1. The van der Waals surface area contributed by atoms with Gasteiger partial charge in [-0.25, -0.2) is 4.79 Å². The SMILES string of the molecule is CC1(C)c2cc3c(cc2C2(OC(=O)c4ccccc42)c2cc4c(cc21)N(CCO)CCC4)CCCN3CCO. The van der Waals surface area contributed by atoms with Crippen LogP contribution in [-0.4, -0.2) is 55.6 Å². The molecule has 1 aliphatic carbocycles. The lowest BCUT2D eigenvalue weighted by atomic mass is 9.60. The van der Waals surface area contributed by atoms with E-state index in [4.69, 9.17) is 4.74 Å². The zero-order valence-electron chi connectivity index (χ0n) is 22.8. The molecular weight excluding hydrogens is 488 g/mol. The van der Waals surface area contributed by atoms with Gasteiger partial charge in [0.15, 0.2) is 5.60 Å². The van der Waals surface area contributed by atoms with E-state index in [1.807, 2.05) is 18.2 Å². The number of aryl methyl sites for hydroxylation is 2. The minimum absolute atomic E-state index is 0.116. The van der Waals surface area contributed by atoms with Crippen LogP contribution < -0.4 is 9.80 Å². The number of aliphatic hydroxyl groups is 2. The van der Waals surface area contributed by atoms with Gasteiger partial charge >= 0.3 is 5.97 Å². The molecule has 7 rings (SSSR count). The van der Waals surface area contributed by atoms with Crippen molar-refractivity contribution < 1.29 is 19.7 Å². The third-order valence-electron chi connectivity index (χ3n) is 9.48. The number of carbonyl (C=O) groups is 1. The summed E-state index contributed by atoms with van der Waals surface area (Å²) in [6, 6.07) is 17.1. The van der Waals surface area contributed by atoms with Crippen LogP contribution in [0.5, 0.6) is 0 Å². The van der Waals surface area contributed by atoms with E-state index in [1.165, 1.54) is 22.5 Å². The summed E-state index contributed by atoms with van der Waals surface area (Å²) in [4.78, 5) is 18.1. The second kappa shape index (κ2) is 8.83. The van der Waals surface area contributed by atoms with Crippen molar-refractivity contribution >= 4 is 17.3 Å². The van der Waals surface area contributed by atoms with Crippen LogP contribution in [0.1, 0.15) is 76.0 Å². The van der Waals surface area contributed by atoms with E-state index >= 15 is 0 Å². The summed E-state index contributed by atoms with van der Waals surface area (Å²) < 4.78 is 6.59. The molecule has 0 atom stereocenters. The lowest BCUT2D eigenvalue weighted by Crippen LogP contribution is -2.43. The molecule has 0 saturated heterocycles. The van der Waals surface area contributed by atoms with Gasteiger partial charge in [-0.1, -0.05) is 32.0 Å². The second-order valence-electron chi connectivity index (χ2n) is 11.9. The number of hydrogen-bond donors (Lipinski definition) is 2. The van der Waals surface area contributed by atoms with Gasteiger partial charge in [-0.2, -0.15) is 0 Å². The van der Waals surface area contributed by atoms with Crippen LogP contribution in [0.4, 0.5) is 11.4 Å². The highest BCUT2D eigenvalue weighted by Crippen LogP contribution is 2.58. The molecule has 3 aliphatic heterocycles. The van der Waals surface area contributed by atoms with Crippen molar-refractivity contribution in [1.82, 2.24) is 0 Å². The summed E-state index contributed by atoms with van der Waals surface area (Å²) in [6.45, 7) is 7.85. The third-order valence-corrected chi connectivity index (χ3v) is 9.48. The van der Waals surface area contributed by atoms with Gasteiger partial charge < -0.3 is 24.7 Å². The maximum atomic E-state index is 13.5. The topological polar surface area (TPSA) is 73.2 Å². The monoisotopic (exact) mass is 524 g/mol. The molecule has 6 heteroatoms. The van der Waals surface area contributed by atoms with Gasteiger partial charge in [0, 0.05) is 59.7 Å².